The van der Waals surface area contributed by atoms with Gasteiger partial charge in [-0.25, -0.2) is 0 Å². The number of hydrogen-bond donors (Lipinski definition) is 1. The lowest BCUT2D eigenvalue weighted by Gasteiger charge is -2.17. The largest absolute Gasteiger partial charge is 0.378 e. The van der Waals surface area contributed by atoms with Gasteiger partial charge in [0.2, 0.25) is 0 Å². The Kier molecular flexibility index (Phi) is 4.20. The van der Waals surface area contributed by atoms with E-state index in [4.69, 9.17) is 0 Å². The van der Waals surface area contributed by atoms with Crippen molar-refractivity contribution in [3.63, 3.8) is 0 Å². The lowest BCUT2D eigenvalue weighted by molar-refractivity contribution is 0.696. The molecule has 0 saturated heterocycles. The van der Waals surface area contributed by atoms with Crippen LogP contribution in [-0.4, -0.2) is 14.1 Å². The number of aryl methyl sites for hydroxylation is 2. The second kappa shape index (κ2) is 6.10. The van der Waals surface area contributed by atoms with Gasteiger partial charge >= 0.3 is 0 Å². The highest BCUT2D eigenvalue weighted by molar-refractivity contribution is 7.12. The standard InChI is InChI=1S/C18H24N2S/c1-13(18-11-14-7-4-5-10-17(14)21-18)19-15-8-6-9-16(12-15)20(2)3/h6,8-9,11-13,19H,4-5,7,10H2,1-3H3. The number of thiophene rings is 1. The second-order valence-corrected chi connectivity index (χ2v) is 7.28. The topological polar surface area (TPSA) is 15.3 Å². The average Bonchev–Trinajstić information content (AvgIpc) is 2.91. The summed E-state index contributed by atoms with van der Waals surface area (Å²) >= 11 is 2.00. The number of fused-ring (bicyclic) bond motifs is 1. The Morgan fingerprint density at radius 3 is 2.71 bits per heavy atom. The van der Waals surface area contributed by atoms with Crippen LogP contribution < -0.4 is 10.2 Å². The molecule has 1 atom stereocenters. The Morgan fingerprint density at radius 1 is 1.14 bits per heavy atom. The second-order valence-electron chi connectivity index (χ2n) is 6.12. The first kappa shape index (κ1) is 14.5. The maximum absolute atomic E-state index is 3.65. The molecule has 21 heavy (non-hydrogen) atoms. The first-order valence-corrected chi connectivity index (χ1v) is 8.60. The molecular weight excluding hydrogens is 276 g/mol. The summed E-state index contributed by atoms with van der Waals surface area (Å²) in [6, 6.07) is 11.4. The van der Waals surface area contributed by atoms with Crippen LogP contribution in [0.1, 0.15) is 41.1 Å². The van der Waals surface area contributed by atoms with E-state index >= 15 is 0 Å². The van der Waals surface area contributed by atoms with Crippen molar-refractivity contribution in [3.8, 4) is 0 Å². The van der Waals surface area contributed by atoms with Gasteiger partial charge in [-0.3, -0.25) is 0 Å². The van der Waals surface area contributed by atoms with E-state index in [9.17, 15) is 0 Å². The van der Waals surface area contributed by atoms with Crippen molar-refractivity contribution in [2.75, 3.05) is 24.3 Å². The Labute approximate surface area is 131 Å². The average molecular weight is 300 g/mol. The van der Waals surface area contributed by atoms with Crippen LogP contribution >= 0.6 is 11.3 Å². The highest BCUT2D eigenvalue weighted by Crippen LogP contribution is 2.34. The van der Waals surface area contributed by atoms with E-state index in [0.717, 1.165) is 0 Å². The van der Waals surface area contributed by atoms with E-state index < -0.39 is 0 Å². The number of nitrogens with one attached hydrogen (secondary N) is 1. The Morgan fingerprint density at radius 2 is 1.95 bits per heavy atom. The predicted octanol–water partition coefficient (Wildman–Crippen LogP) is 4.87. The smallest absolute Gasteiger partial charge is 0.0578 e. The number of hydrogen-bond acceptors (Lipinski definition) is 3. The maximum Gasteiger partial charge on any atom is 0.0578 e. The lowest BCUT2D eigenvalue weighted by Crippen LogP contribution is -2.10. The van der Waals surface area contributed by atoms with Gasteiger partial charge in [0.1, 0.15) is 0 Å². The minimum absolute atomic E-state index is 0.373. The van der Waals surface area contributed by atoms with Crippen LogP contribution in [0.4, 0.5) is 11.4 Å². The van der Waals surface area contributed by atoms with E-state index in [-0.39, 0.29) is 0 Å². The molecule has 0 saturated carbocycles. The summed E-state index contributed by atoms with van der Waals surface area (Å²) in [5.74, 6) is 0. The van der Waals surface area contributed by atoms with E-state index in [1.54, 1.807) is 10.4 Å². The van der Waals surface area contributed by atoms with Crippen LogP contribution in [0.15, 0.2) is 30.3 Å². The lowest BCUT2D eigenvalue weighted by atomic mass is 9.99. The molecule has 0 amide bonds. The van der Waals surface area contributed by atoms with Gasteiger partial charge in [-0.05, 0) is 62.4 Å². The van der Waals surface area contributed by atoms with Crippen LogP contribution in [0.25, 0.3) is 0 Å². The predicted molar refractivity (Wildman–Crippen MR) is 93.8 cm³/mol. The van der Waals surface area contributed by atoms with Crippen molar-refractivity contribution >= 4 is 22.7 Å². The molecule has 1 aromatic carbocycles. The van der Waals surface area contributed by atoms with Crippen LogP contribution in [0.5, 0.6) is 0 Å². The molecule has 3 heteroatoms. The van der Waals surface area contributed by atoms with Gasteiger partial charge in [-0.1, -0.05) is 6.07 Å². The summed E-state index contributed by atoms with van der Waals surface area (Å²) in [5.41, 5.74) is 4.02. The zero-order valence-corrected chi connectivity index (χ0v) is 14.0. The SMILES string of the molecule is CC(Nc1cccc(N(C)C)c1)c1cc2c(s1)CCCC2. The highest BCUT2D eigenvalue weighted by atomic mass is 32.1. The molecule has 1 aliphatic carbocycles. The third kappa shape index (κ3) is 3.24. The molecule has 0 bridgehead atoms. The van der Waals surface area contributed by atoms with Crippen molar-refractivity contribution < 1.29 is 0 Å². The van der Waals surface area contributed by atoms with Gasteiger partial charge in [-0.15, -0.1) is 11.3 Å². The Bertz CT molecular complexity index is 592. The normalized spacial score (nSPS) is 15.4. The molecule has 2 aromatic rings. The molecule has 1 N–H and O–H groups in total. The van der Waals surface area contributed by atoms with E-state index in [1.165, 1.54) is 41.9 Å². The summed E-state index contributed by atoms with van der Waals surface area (Å²) < 4.78 is 0. The summed E-state index contributed by atoms with van der Waals surface area (Å²) in [5, 5.41) is 3.65. The van der Waals surface area contributed by atoms with Gasteiger partial charge in [0.25, 0.3) is 0 Å². The van der Waals surface area contributed by atoms with Gasteiger partial charge in [-0.2, -0.15) is 0 Å². The molecule has 112 valence electrons. The van der Waals surface area contributed by atoms with Crippen LogP contribution in [0, 0.1) is 0 Å². The molecule has 1 aliphatic rings. The molecule has 0 fully saturated rings. The highest BCUT2D eigenvalue weighted by Gasteiger charge is 2.16. The van der Waals surface area contributed by atoms with Crippen LogP contribution in [0.3, 0.4) is 0 Å². The number of anilines is 2. The molecule has 1 unspecified atom stereocenters. The molecule has 0 spiro atoms. The molecule has 0 radical (unpaired) electrons. The summed E-state index contributed by atoms with van der Waals surface area (Å²) in [6.07, 6.45) is 5.27. The number of nitrogens with zero attached hydrogens (tertiary/aromatic N) is 1. The maximum atomic E-state index is 3.65. The summed E-state index contributed by atoms with van der Waals surface area (Å²) in [7, 11) is 4.16. The quantitative estimate of drug-likeness (QED) is 0.867. The van der Waals surface area contributed by atoms with Gasteiger partial charge in [0, 0.05) is 35.2 Å². The van der Waals surface area contributed by atoms with Crippen LogP contribution in [0.2, 0.25) is 0 Å². The van der Waals surface area contributed by atoms with Crippen molar-refractivity contribution in [1.82, 2.24) is 0 Å². The zero-order valence-electron chi connectivity index (χ0n) is 13.1. The Hall–Kier alpha value is -1.48. The molecule has 0 aliphatic heterocycles. The van der Waals surface area contributed by atoms with E-state index in [0.29, 0.717) is 6.04 Å². The fourth-order valence-electron chi connectivity index (χ4n) is 2.92. The van der Waals surface area contributed by atoms with Gasteiger partial charge in [0.05, 0.1) is 6.04 Å². The molecular formula is C18H24N2S. The van der Waals surface area contributed by atoms with Gasteiger partial charge in [0.15, 0.2) is 0 Å². The van der Waals surface area contributed by atoms with Crippen molar-refractivity contribution in [3.05, 3.63) is 45.6 Å². The molecule has 1 heterocycles. The van der Waals surface area contributed by atoms with Crippen molar-refractivity contribution in [1.29, 1.82) is 0 Å². The van der Waals surface area contributed by atoms with Crippen LogP contribution in [-0.2, 0) is 12.8 Å². The minimum Gasteiger partial charge on any atom is -0.378 e. The molecule has 1 aromatic heterocycles. The van der Waals surface area contributed by atoms with E-state index in [2.05, 4.69) is 61.6 Å². The monoisotopic (exact) mass is 300 g/mol. The Balaban J connectivity index is 1.75. The number of rotatable bonds is 4. The fraction of sp³-hybridized carbons (Fsp3) is 0.444. The van der Waals surface area contributed by atoms with Gasteiger partial charge < -0.3 is 10.2 Å². The molecule has 3 rings (SSSR count). The number of benzene rings is 1. The van der Waals surface area contributed by atoms with E-state index in [1.807, 2.05) is 11.3 Å². The summed E-state index contributed by atoms with van der Waals surface area (Å²) in [4.78, 5) is 5.23. The fourth-order valence-corrected chi connectivity index (χ4v) is 4.18. The summed E-state index contributed by atoms with van der Waals surface area (Å²) in [6.45, 7) is 2.26. The third-order valence-corrected chi connectivity index (χ3v) is 5.61. The first-order valence-electron chi connectivity index (χ1n) is 7.79. The molecule has 2 nitrogen and oxygen atoms in total. The first-order chi connectivity index (χ1) is 10.1. The minimum atomic E-state index is 0.373. The van der Waals surface area contributed by atoms with Crippen molar-refractivity contribution in [2.24, 2.45) is 0 Å². The van der Waals surface area contributed by atoms with Crippen molar-refractivity contribution in [2.45, 2.75) is 38.6 Å². The third-order valence-electron chi connectivity index (χ3n) is 4.19. The zero-order chi connectivity index (χ0) is 14.8.